The third kappa shape index (κ3) is 6.72. The molecular weight excluding hydrogens is 437 g/mol. The monoisotopic (exact) mass is 469 g/mol. The Morgan fingerprint density at radius 3 is 2.51 bits per heavy atom. The van der Waals surface area contributed by atoms with Crippen LogP contribution in [0.3, 0.4) is 0 Å². The second-order valence-electron chi connectivity index (χ2n) is 9.31. The summed E-state index contributed by atoms with van der Waals surface area (Å²) in [4.78, 5) is 22.4. The lowest BCUT2D eigenvalue weighted by atomic mass is 9.86. The van der Waals surface area contributed by atoms with E-state index in [1.165, 1.54) is 44.2 Å². The molecule has 180 valence electrons. The standard InChI is InChI=1S/C30H32FN3O/c1-3-23-11-7-8-12-25(23)17-21(2)18-29(35)34-30-27(19-22-9-5-4-6-10-22)33-28(20-32-30)24-13-15-26(31)16-14-24/h3,7-8,11-17,20,22H,1,4-6,9-10,18-19H2,2H3,(H,32,34,35)/b21-17+. The minimum Gasteiger partial charge on any atom is -0.309 e. The number of amides is 1. The van der Waals surface area contributed by atoms with E-state index in [9.17, 15) is 9.18 Å². The van der Waals surface area contributed by atoms with Crippen LogP contribution in [0, 0.1) is 11.7 Å². The fourth-order valence-corrected chi connectivity index (χ4v) is 4.67. The first-order valence-electron chi connectivity index (χ1n) is 12.3. The van der Waals surface area contributed by atoms with Crippen LogP contribution in [0.2, 0.25) is 0 Å². The molecule has 4 rings (SSSR count). The Labute approximate surface area is 207 Å². The summed E-state index contributed by atoms with van der Waals surface area (Å²) in [5, 5.41) is 3.00. The highest BCUT2D eigenvalue weighted by Crippen LogP contribution is 2.29. The SMILES string of the molecule is C=Cc1ccccc1/C=C(\C)CC(=O)Nc1ncc(-c2ccc(F)cc2)nc1CC1CCCCC1. The van der Waals surface area contributed by atoms with Crippen LogP contribution in [-0.2, 0) is 11.2 Å². The Kier molecular flexibility index (Phi) is 8.19. The summed E-state index contributed by atoms with van der Waals surface area (Å²) in [6.45, 7) is 5.81. The van der Waals surface area contributed by atoms with E-state index in [2.05, 4.69) is 16.9 Å². The number of nitrogens with one attached hydrogen (secondary N) is 1. The van der Waals surface area contributed by atoms with Crippen LogP contribution in [0.15, 0.2) is 66.9 Å². The lowest BCUT2D eigenvalue weighted by molar-refractivity contribution is -0.115. The van der Waals surface area contributed by atoms with Crippen LogP contribution in [0.25, 0.3) is 23.4 Å². The van der Waals surface area contributed by atoms with Gasteiger partial charge in [0.1, 0.15) is 5.82 Å². The largest absolute Gasteiger partial charge is 0.309 e. The van der Waals surface area contributed by atoms with Gasteiger partial charge in [0, 0.05) is 12.0 Å². The highest BCUT2D eigenvalue weighted by Gasteiger charge is 2.19. The second-order valence-corrected chi connectivity index (χ2v) is 9.31. The number of carbonyl (C=O) groups excluding carboxylic acids is 1. The minimum atomic E-state index is -0.285. The lowest BCUT2D eigenvalue weighted by Gasteiger charge is -2.22. The van der Waals surface area contributed by atoms with Crippen LogP contribution in [0.5, 0.6) is 0 Å². The minimum absolute atomic E-state index is 0.122. The Balaban J connectivity index is 1.53. The molecule has 5 heteroatoms. The van der Waals surface area contributed by atoms with Gasteiger partial charge in [0.2, 0.25) is 5.91 Å². The fraction of sp³-hybridized carbons (Fsp3) is 0.300. The molecule has 0 atom stereocenters. The molecule has 3 aromatic rings. The molecular formula is C30H32FN3O. The summed E-state index contributed by atoms with van der Waals surface area (Å²) in [7, 11) is 0. The number of anilines is 1. The number of benzene rings is 2. The quantitative estimate of drug-likeness (QED) is 0.372. The van der Waals surface area contributed by atoms with Crippen molar-refractivity contribution in [3.05, 3.63) is 89.5 Å². The van der Waals surface area contributed by atoms with E-state index in [0.717, 1.165) is 34.4 Å². The van der Waals surface area contributed by atoms with Gasteiger partial charge in [-0.2, -0.15) is 0 Å². The van der Waals surface area contributed by atoms with Crippen LogP contribution in [0.1, 0.15) is 62.3 Å². The van der Waals surface area contributed by atoms with Crippen LogP contribution in [-0.4, -0.2) is 15.9 Å². The van der Waals surface area contributed by atoms with Gasteiger partial charge in [-0.3, -0.25) is 4.79 Å². The summed E-state index contributed by atoms with van der Waals surface area (Å²) in [6, 6.07) is 14.2. The Hall–Kier alpha value is -3.60. The summed E-state index contributed by atoms with van der Waals surface area (Å²) in [6.07, 6.45) is 12.6. The van der Waals surface area contributed by atoms with Gasteiger partial charge in [0.05, 0.1) is 17.6 Å². The molecule has 0 saturated heterocycles. The molecule has 1 saturated carbocycles. The molecule has 1 aromatic heterocycles. The number of hydrogen-bond acceptors (Lipinski definition) is 3. The maximum Gasteiger partial charge on any atom is 0.229 e. The van der Waals surface area contributed by atoms with Gasteiger partial charge in [-0.15, -0.1) is 0 Å². The number of carbonyl (C=O) groups is 1. The van der Waals surface area contributed by atoms with Gasteiger partial charge >= 0.3 is 0 Å². The third-order valence-corrected chi connectivity index (χ3v) is 6.51. The van der Waals surface area contributed by atoms with Gasteiger partial charge < -0.3 is 5.32 Å². The average Bonchev–Trinajstić information content (AvgIpc) is 2.86. The Morgan fingerprint density at radius 2 is 1.80 bits per heavy atom. The Morgan fingerprint density at radius 1 is 1.09 bits per heavy atom. The van der Waals surface area contributed by atoms with E-state index in [-0.39, 0.29) is 18.1 Å². The summed E-state index contributed by atoms with van der Waals surface area (Å²) < 4.78 is 13.4. The van der Waals surface area contributed by atoms with E-state index in [4.69, 9.17) is 4.98 Å². The first kappa shape index (κ1) is 24.5. The number of halogens is 1. The van der Waals surface area contributed by atoms with Crippen molar-refractivity contribution in [2.24, 2.45) is 5.92 Å². The van der Waals surface area contributed by atoms with E-state index in [0.29, 0.717) is 17.4 Å². The molecule has 0 radical (unpaired) electrons. The maximum absolute atomic E-state index is 13.4. The molecule has 1 aliphatic carbocycles. The van der Waals surface area contributed by atoms with E-state index < -0.39 is 0 Å². The van der Waals surface area contributed by atoms with Crippen molar-refractivity contribution in [2.45, 2.75) is 51.9 Å². The molecule has 0 spiro atoms. The molecule has 1 fully saturated rings. The van der Waals surface area contributed by atoms with Gasteiger partial charge in [-0.05, 0) is 54.7 Å². The number of aromatic nitrogens is 2. The molecule has 0 aliphatic heterocycles. The number of nitrogens with zero attached hydrogens (tertiary/aromatic N) is 2. The molecule has 0 unspecified atom stereocenters. The number of rotatable bonds is 8. The maximum atomic E-state index is 13.4. The normalized spacial score (nSPS) is 14.5. The summed E-state index contributed by atoms with van der Waals surface area (Å²) in [5.41, 5.74) is 5.30. The molecule has 1 amide bonds. The third-order valence-electron chi connectivity index (χ3n) is 6.51. The zero-order chi connectivity index (χ0) is 24.6. The van der Waals surface area contributed by atoms with Gasteiger partial charge in [0.25, 0.3) is 0 Å². The second kappa shape index (κ2) is 11.7. The Bertz CT molecular complexity index is 1210. The van der Waals surface area contributed by atoms with Gasteiger partial charge in [-0.25, -0.2) is 14.4 Å². The van der Waals surface area contributed by atoms with Gasteiger partial charge in [-0.1, -0.05) is 80.7 Å². The highest BCUT2D eigenvalue weighted by molar-refractivity contribution is 5.92. The summed E-state index contributed by atoms with van der Waals surface area (Å²) in [5.74, 6) is 0.649. The molecule has 1 N–H and O–H groups in total. The zero-order valence-electron chi connectivity index (χ0n) is 20.3. The first-order valence-corrected chi connectivity index (χ1v) is 12.3. The van der Waals surface area contributed by atoms with Crippen molar-refractivity contribution in [3.63, 3.8) is 0 Å². The predicted molar refractivity (Wildman–Crippen MR) is 141 cm³/mol. The number of hydrogen-bond donors (Lipinski definition) is 1. The van der Waals surface area contributed by atoms with Crippen molar-refractivity contribution >= 4 is 23.9 Å². The fourth-order valence-electron chi connectivity index (χ4n) is 4.67. The summed E-state index contributed by atoms with van der Waals surface area (Å²) >= 11 is 0. The molecule has 4 nitrogen and oxygen atoms in total. The van der Waals surface area contributed by atoms with E-state index in [1.54, 1.807) is 18.3 Å². The molecule has 35 heavy (non-hydrogen) atoms. The van der Waals surface area contributed by atoms with Crippen molar-refractivity contribution < 1.29 is 9.18 Å². The zero-order valence-corrected chi connectivity index (χ0v) is 20.3. The first-order chi connectivity index (χ1) is 17.0. The van der Waals surface area contributed by atoms with Crippen LogP contribution in [0.4, 0.5) is 10.2 Å². The van der Waals surface area contributed by atoms with Crippen LogP contribution < -0.4 is 5.32 Å². The molecule has 1 heterocycles. The highest BCUT2D eigenvalue weighted by atomic mass is 19.1. The van der Waals surface area contributed by atoms with Crippen molar-refractivity contribution in [1.82, 2.24) is 9.97 Å². The molecule has 0 bridgehead atoms. The van der Waals surface area contributed by atoms with Crippen molar-refractivity contribution in [1.29, 1.82) is 0 Å². The van der Waals surface area contributed by atoms with E-state index >= 15 is 0 Å². The van der Waals surface area contributed by atoms with Crippen molar-refractivity contribution in [2.75, 3.05) is 5.32 Å². The van der Waals surface area contributed by atoms with Crippen LogP contribution >= 0.6 is 0 Å². The predicted octanol–water partition coefficient (Wildman–Crippen LogP) is 7.48. The topological polar surface area (TPSA) is 54.9 Å². The van der Waals surface area contributed by atoms with E-state index in [1.807, 2.05) is 43.3 Å². The van der Waals surface area contributed by atoms with Gasteiger partial charge in [0.15, 0.2) is 5.82 Å². The average molecular weight is 470 g/mol. The molecule has 1 aliphatic rings. The van der Waals surface area contributed by atoms with Crippen molar-refractivity contribution in [3.8, 4) is 11.3 Å². The lowest BCUT2D eigenvalue weighted by Crippen LogP contribution is -2.18. The smallest absolute Gasteiger partial charge is 0.229 e. The molecule has 2 aromatic carbocycles.